The van der Waals surface area contributed by atoms with Crippen LogP contribution in [0.5, 0.6) is 0 Å². The number of H-pyrrole nitrogens is 1. The summed E-state index contributed by atoms with van der Waals surface area (Å²) in [6, 6.07) is 6.08. The van der Waals surface area contributed by atoms with Crippen molar-refractivity contribution in [3.63, 3.8) is 0 Å². The van der Waals surface area contributed by atoms with E-state index in [1.165, 1.54) is 0 Å². The van der Waals surface area contributed by atoms with E-state index >= 15 is 0 Å². The molecule has 0 bridgehead atoms. The Hall–Kier alpha value is -1.39. The minimum Gasteiger partial charge on any atom is -0.395 e. The van der Waals surface area contributed by atoms with Gasteiger partial charge >= 0.3 is 0 Å². The van der Waals surface area contributed by atoms with Crippen molar-refractivity contribution in [1.82, 2.24) is 9.97 Å². The third-order valence-electron chi connectivity index (χ3n) is 3.27. The highest BCUT2D eigenvalue weighted by Crippen LogP contribution is 2.33. The van der Waals surface area contributed by atoms with E-state index in [4.69, 9.17) is 4.74 Å². The van der Waals surface area contributed by atoms with Crippen molar-refractivity contribution in [2.45, 2.75) is 12.3 Å². The van der Waals surface area contributed by atoms with E-state index in [9.17, 15) is 5.11 Å². The molecule has 4 heteroatoms. The Balaban J connectivity index is 2.10. The summed E-state index contributed by atoms with van der Waals surface area (Å²) in [4.78, 5) is 7.57. The molecule has 0 spiro atoms. The molecule has 0 saturated carbocycles. The number of benzene rings is 1. The average Bonchev–Trinajstić information content (AvgIpc) is 2.56. The molecule has 3 rings (SSSR count). The van der Waals surface area contributed by atoms with Gasteiger partial charge in [-0.2, -0.15) is 0 Å². The molecule has 2 aromatic rings. The molecule has 1 aromatic heterocycles. The highest BCUT2D eigenvalue weighted by atomic mass is 16.5. The lowest BCUT2D eigenvalue weighted by Crippen LogP contribution is -2.49. The largest absolute Gasteiger partial charge is 0.395 e. The topological polar surface area (TPSA) is 58.1 Å². The first-order valence-corrected chi connectivity index (χ1v) is 5.39. The number of fused-ring (bicyclic) bond motifs is 1. The van der Waals surface area contributed by atoms with Gasteiger partial charge in [-0.15, -0.1) is 0 Å². The lowest BCUT2D eigenvalue weighted by atomic mass is 9.79. The molecule has 4 nitrogen and oxygen atoms in total. The number of hydrogen-bond acceptors (Lipinski definition) is 3. The molecule has 1 fully saturated rings. The smallest absolute Gasteiger partial charge is 0.104 e. The van der Waals surface area contributed by atoms with Crippen LogP contribution in [0.4, 0.5) is 0 Å². The molecule has 0 amide bonds. The molecule has 1 aliphatic rings. The van der Waals surface area contributed by atoms with Crippen molar-refractivity contribution in [3.05, 3.63) is 29.6 Å². The average molecular weight is 218 g/mol. The number of hydrogen-bond donors (Lipinski definition) is 2. The first kappa shape index (κ1) is 9.81. The van der Waals surface area contributed by atoms with Gasteiger partial charge < -0.3 is 14.8 Å². The summed E-state index contributed by atoms with van der Waals surface area (Å²) in [7, 11) is 0. The normalized spacial score (nSPS) is 18.6. The molecular formula is C12H14N2O2. The second-order valence-electron chi connectivity index (χ2n) is 4.49. The molecule has 0 atom stereocenters. The number of rotatable bonds is 2. The van der Waals surface area contributed by atoms with Gasteiger partial charge in [-0.3, -0.25) is 0 Å². The fourth-order valence-corrected chi connectivity index (χ4v) is 2.16. The second-order valence-corrected chi connectivity index (χ2v) is 4.49. The molecule has 84 valence electrons. The fourth-order valence-electron chi connectivity index (χ4n) is 2.16. The van der Waals surface area contributed by atoms with E-state index in [0.29, 0.717) is 13.2 Å². The summed E-state index contributed by atoms with van der Waals surface area (Å²) in [5, 5.41) is 9.46. The summed E-state index contributed by atoms with van der Waals surface area (Å²) in [5.41, 5.74) is 2.91. The van der Waals surface area contributed by atoms with Gasteiger partial charge in [0.05, 0.1) is 36.3 Å². The Morgan fingerprint density at radius 2 is 2.31 bits per heavy atom. The van der Waals surface area contributed by atoms with E-state index in [1.54, 1.807) is 0 Å². The number of nitrogens with zero attached hydrogens (tertiary/aromatic N) is 1. The van der Waals surface area contributed by atoms with E-state index in [1.807, 2.05) is 19.1 Å². The Labute approximate surface area is 93.3 Å². The monoisotopic (exact) mass is 218 g/mol. The van der Waals surface area contributed by atoms with Crippen LogP contribution >= 0.6 is 0 Å². The first-order valence-electron chi connectivity index (χ1n) is 5.39. The number of aliphatic hydroxyl groups excluding tert-OH is 1. The van der Waals surface area contributed by atoms with Gasteiger partial charge in [0.25, 0.3) is 0 Å². The zero-order valence-electron chi connectivity index (χ0n) is 9.16. The molecule has 2 N–H and O–H groups in total. The number of nitrogens with one attached hydrogen (secondary N) is 1. The molecule has 0 aliphatic carbocycles. The number of imidazole rings is 1. The summed E-state index contributed by atoms with van der Waals surface area (Å²) in [6.07, 6.45) is 0. The van der Waals surface area contributed by atoms with Crippen LogP contribution in [0.2, 0.25) is 0 Å². The van der Waals surface area contributed by atoms with Crippen LogP contribution in [0, 0.1) is 6.92 Å². The number of ether oxygens (including phenoxy) is 1. The van der Waals surface area contributed by atoms with Crippen molar-refractivity contribution in [2.24, 2.45) is 0 Å². The molecule has 1 aromatic carbocycles. The fraction of sp³-hybridized carbons (Fsp3) is 0.417. The SMILES string of the molecule is Cc1nc2ccc(C3(CO)COC3)cc2[nH]1. The zero-order valence-corrected chi connectivity index (χ0v) is 9.16. The summed E-state index contributed by atoms with van der Waals surface area (Å²) >= 11 is 0. The quantitative estimate of drug-likeness (QED) is 0.794. The molecule has 2 heterocycles. The Morgan fingerprint density at radius 3 is 2.94 bits per heavy atom. The second kappa shape index (κ2) is 3.30. The Kier molecular flexibility index (Phi) is 2.02. The summed E-state index contributed by atoms with van der Waals surface area (Å²) < 4.78 is 5.21. The van der Waals surface area contributed by atoms with Crippen LogP contribution in [-0.4, -0.2) is 34.9 Å². The highest BCUT2D eigenvalue weighted by molar-refractivity contribution is 5.76. The highest BCUT2D eigenvalue weighted by Gasteiger charge is 2.39. The van der Waals surface area contributed by atoms with Crippen molar-refractivity contribution in [3.8, 4) is 0 Å². The molecule has 1 saturated heterocycles. The molecule has 16 heavy (non-hydrogen) atoms. The Morgan fingerprint density at radius 1 is 1.50 bits per heavy atom. The van der Waals surface area contributed by atoms with Gasteiger partial charge in [-0.05, 0) is 24.6 Å². The first-order chi connectivity index (χ1) is 7.73. The maximum atomic E-state index is 9.46. The van der Waals surface area contributed by atoms with Gasteiger partial charge in [0.2, 0.25) is 0 Å². The van der Waals surface area contributed by atoms with Crippen molar-refractivity contribution < 1.29 is 9.84 Å². The predicted octanol–water partition coefficient (Wildman–Crippen LogP) is 1.13. The van der Waals surface area contributed by atoms with E-state index in [2.05, 4.69) is 16.0 Å². The number of aromatic nitrogens is 2. The third kappa shape index (κ3) is 1.27. The predicted molar refractivity (Wildman–Crippen MR) is 60.4 cm³/mol. The standard InChI is InChI=1S/C12H14N2O2/c1-8-13-10-3-2-9(4-11(10)14-8)12(5-15)6-16-7-12/h2-4,15H,5-7H2,1H3,(H,13,14). The summed E-state index contributed by atoms with van der Waals surface area (Å²) in [6.45, 7) is 3.27. The third-order valence-corrected chi connectivity index (χ3v) is 3.27. The lowest BCUT2D eigenvalue weighted by molar-refractivity contribution is -0.0841. The number of aryl methyl sites for hydroxylation is 1. The van der Waals surface area contributed by atoms with Gasteiger partial charge in [0, 0.05) is 0 Å². The van der Waals surface area contributed by atoms with E-state index in [-0.39, 0.29) is 12.0 Å². The van der Waals surface area contributed by atoms with Crippen LogP contribution in [0.3, 0.4) is 0 Å². The maximum absolute atomic E-state index is 9.46. The summed E-state index contributed by atoms with van der Waals surface area (Å²) in [5.74, 6) is 0.912. The lowest BCUT2D eigenvalue weighted by Gasteiger charge is -2.40. The Bertz CT molecular complexity index is 523. The maximum Gasteiger partial charge on any atom is 0.104 e. The molecule has 0 radical (unpaired) electrons. The van der Waals surface area contributed by atoms with Gasteiger partial charge in [-0.1, -0.05) is 6.07 Å². The van der Waals surface area contributed by atoms with Gasteiger partial charge in [-0.25, -0.2) is 4.98 Å². The van der Waals surface area contributed by atoms with Gasteiger partial charge in [0.1, 0.15) is 5.82 Å². The number of aromatic amines is 1. The minimum absolute atomic E-state index is 0.131. The van der Waals surface area contributed by atoms with Crippen LogP contribution in [0.25, 0.3) is 11.0 Å². The van der Waals surface area contributed by atoms with Crippen LogP contribution in [0.15, 0.2) is 18.2 Å². The van der Waals surface area contributed by atoms with Crippen molar-refractivity contribution in [2.75, 3.05) is 19.8 Å². The molecular weight excluding hydrogens is 204 g/mol. The number of aliphatic hydroxyl groups is 1. The van der Waals surface area contributed by atoms with Crippen molar-refractivity contribution >= 4 is 11.0 Å². The van der Waals surface area contributed by atoms with E-state index < -0.39 is 0 Å². The van der Waals surface area contributed by atoms with Crippen LogP contribution in [0.1, 0.15) is 11.4 Å². The van der Waals surface area contributed by atoms with Crippen LogP contribution in [-0.2, 0) is 10.2 Å². The van der Waals surface area contributed by atoms with Gasteiger partial charge in [0.15, 0.2) is 0 Å². The molecule has 0 unspecified atom stereocenters. The van der Waals surface area contributed by atoms with Crippen molar-refractivity contribution in [1.29, 1.82) is 0 Å². The van der Waals surface area contributed by atoms with Crippen LogP contribution < -0.4 is 0 Å². The minimum atomic E-state index is -0.201. The zero-order chi connectivity index (χ0) is 11.2. The van der Waals surface area contributed by atoms with E-state index in [0.717, 1.165) is 22.4 Å². The molecule has 1 aliphatic heterocycles.